The van der Waals surface area contributed by atoms with Gasteiger partial charge in [0, 0.05) is 6.54 Å². The third-order valence-corrected chi connectivity index (χ3v) is 3.18. The van der Waals surface area contributed by atoms with Crippen LogP contribution in [0.4, 0.5) is 0 Å². The van der Waals surface area contributed by atoms with E-state index in [4.69, 9.17) is 17.2 Å². The van der Waals surface area contributed by atoms with Gasteiger partial charge in [-0.15, -0.1) is 0 Å². The Labute approximate surface area is 118 Å². The molecule has 1 heterocycles. The van der Waals surface area contributed by atoms with E-state index in [1.807, 2.05) is 0 Å². The molecule has 2 amide bonds. The van der Waals surface area contributed by atoms with Gasteiger partial charge in [0.1, 0.15) is 0 Å². The Hall–Kier alpha value is -1.67. The molecule has 8 N–H and O–H groups in total. The van der Waals surface area contributed by atoms with Crippen LogP contribution >= 0.6 is 0 Å². The van der Waals surface area contributed by atoms with Crippen LogP contribution in [-0.4, -0.2) is 42.9 Å². The first-order valence-corrected chi connectivity index (χ1v) is 6.89. The highest BCUT2D eigenvalue weighted by molar-refractivity contribution is 5.99. The molecule has 0 aliphatic carbocycles. The summed E-state index contributed by atoms with van der Waals surface area (Å²) >= 11 is 0. The van der Waals surface area contributed by atoms with E-state index < -0.39 is 11.9 Å². The van der Waals surface area contributed by atoms with Gasteiger partial charge in [-0.3, -0.25) is 19.9 Å². The number of guanidine groups is 1. The normalized spacial score (nSPS) is 19.9. The van der Waals surface area contributed by atoms with Crippen molar-refractivity contribution < 1.29 is 9.59 Å². The monoisotopic (exact) mass is 284 g/mol. The molecule has 0 aromatic carbocycles. The minimum atomic E-state index is -0.725. The number of carbonyl (C=O) groups is 2. The van der Waals surface area contributed by atoms with Gasteiger partial charge in [0.2, 0.25) is 11.8 Å². The van der Waals surface area contributed by atoms with Gasteiger partial charge < -0.3 is 22.5 Å². The molecular formula is C12H24N6O2. The first-order chi connectivity index (χ1) is 9.50. The van der Waals surface area contributed by atoms with E-state index in [-0.39, 0.29) is 17.9 Å². The highest BCUT2D eigenvalue weighted by Gasteiger charge is 2.24. The lowest BCUT2D eigenvalue weighted by molar-refractivity contribution is -0.132. The predicted molar refractivity (Wildman–Crippen MR) is 76.7 cm³/mol. The Balaban J connectivity index is 2.26. The van der Waals surface area contributed by atoms with Crippen LogP contribution in [-0.2, 0) is 9.59 Å². The van der Waals surface area contributed by atoms with Crippen molar-refractivity contribution in [3.8, 4) is 0 Å². The summed E-state index contributed by atoms with van der Waals surface area (Å²) in [6.45, 7) is 1.22. The van der Waals surface area contributed by atoms with E-state index >= 15 is 0 Å². The second kappa shape index (κ2) is 8.49. The average molecular weight is 284 g/mol. The molecule has 114 valence electrons. The van der Waals surface area contributed by atoms with Crippen LogP contribution in [0.1, 0.15) is 32.1 Å². The summed E-state index contributed by atoms with van der Waals surface area (Å²) in [6.07, 6.45) is 3.81. The van der Waals surface area contributed by atoms with Gasteiger partial charge in [-0.25, -0.2) is 0 Å². The second-order valence-electron chi connectivity index (χ2n) is 4.91. The zero-order valence-electron chi connectivity index (χ0n) is 11.6. The van der Waals surface area contributed by atoms with Crippen molar-refractivity contribution in [2.45, 2.75) is 44.2 Å². The van der Waals surface area contributed by atoms with E-state index in [0.29, 0.717) is 19.4 Å². The van der Waals surface area contributed by atoms with Crippen LogP contribution in [0.2, 0.25) is 0 Å². The standard InChI is InChI=1S/C12H24N6O2/c13-8(4-3-7-17-12(14)15)10(19)18-11(20)9-5-1-2-6-16-9/h8-9,16H,1-7,13H2,(H4,14,15,17)(H,18,19,20)/t8-,9?/m0/s1. The topological polar surface area (TPSA) is 149 Å². The average Bonchev–Trinajstić information content (AvgIpc) is 2.44. The summed E-state index contributed by atoms with van der Waals surface area (Å²) in [5, 5.41) is 5.43. The lowest BCUT2D eigenvalue weighted by Crippen LogP contribution is -2.52. The van der Waals surface area contributed by atoms with Crippen molar-refractivity contribution >= 4 is 17.8 Å². The van der Waals surface area contributed by atoms with Crippen molar-refractivity contribution in [2.75, 3.05) is 13.1 Å². The Morgan fingerprint density at radius 3 is 2.70 bits per heavy atom. The van der Waals surface area contributed by atoms with Crippen LogP contribution < -0.4 is 27.8 Å². The summed E-state index contributed by atoms with van der Waals surface area (Å²) in [4.78, 5) is 27.4. The zero-order chi connectivity index (χ0) is 15.0. The molecule has 1 fully saturated rings. The summed E-state index contributed by atoms with van der Waals surface area (Å²) in [5.41, 5.74) is 16.1. The second-order valence-corrected chi connectivity index (χ2v) is 4.91. The molecule has 1 unspecified atom stereocenters. The molecule has 0 spiro atoms. The van der Waals surface area contributed by atoms with Crippen molar-refractivity contribution in [3.05, 3.63) is 0 Å². The number of piperidine rings is 1. The largest absolute Gasteiger partial charge is 0.370 e. The number of imide groups is 1. The fourth-order valence-corrected chi connectivity index (χ4v) is 2.03. The van der Waals surface area contributed by atoms with Crippen LogP contribution in [0.15, 0.2) is 4.99 Å². The maximum Gasteiger partial charge on any atom is 0.243 e. The lowest BCUT2D eigenvalue weighted by Gasteiger charge is -2.22. The van der Waals surface area contributed by atoms with E-state index in [2.05, 4.69) is 15.6 Å². The molecule has 0 aromatic heterocycles. The fourth-order valence-electron chi connectivity index (χ4n) is 2.03. The van der Waals surface area contributed by atoms with Crippen LogP contribution in [0, 0.1) is 0 Å². The van der Waals surface area contributed by atoms with E-state index in [0.717, 1.165) is 25.8 Å². The molecule has 0 aromatic rings. The molecule has 0 bridgehead atoms. The maximum atomic E-state index is 11.8. The molecule has 8 nitrogen and oxygen atoms in total. The quantitative estimate of drug-likeness (QED) is 0.220. The summed E-state index contributed by atoms with van der Waals surface area (Å²) in [5.74, 6) is -0.733. The Bertz CT molecular complexity index is 361. The fraction of sp³-hybridized carbons (Fsp3) is 0.750. The molecule has 1 aliphatic heterocycles. The van der Waals surface area contributed by atoms with Gasteiger partial charge in [0.15, 0.2) is 5.96 Å². The number of amides is 2. The van der Waals surface area contributed by atoms with E-state index in [1.165, 1.54) is 0 Å². The van der Waals surface area contributed by atoms with Crippen molar-refractivity contribution in [1.29, 1.82) is 0 Å². The SMILES string of the molecule is NC(N)=NCCC[C@H](N)C(=O)NC(=O)C1CCCCN1. The molecule has 0 saturated carbocycles. The van der Waals surface area contributed by atoms with Gasteiger partial charge in [-0.1, -0.05) is 6.42 Å². The van der Waals surface area contributed by atoms with Gasteiger partial charge in [0.25, 0.3) is 0 Å². The number of nitrogens with one attached hydrogen (secondary N) is 2. The van der Waals surface area contributed by atoms with E-state index in [1.54, 1.807) is 0 Å². The minimum absolute atomic E-state index is 0.0153. The van der Waals surface area contributed by atoms with Crippen molar-refractivity contribution in [1.82, 2.24) is 10.6 Å². The van der Waals surface area contributed by atoms with E-state index in [9.17, 15) is 9.59 Å². The summed E-state index contributed by atoms with van der Waals surface area (Å²) < 4.78 is 0. The summed E-state index contributed by atoms with van der Waals surface area (Å²) in [6, 6.07) is -1.02. The molecule has 8 heteroatoms. The first kappa shape index (κ1) is 16.4. The predicted octanol–water partition coefficient (Wildman–Crippen LogP) is -1.85. The third-order valence-electron chi connectivity index (χ3n) is 3.18. The number of hydrogen-bond donors (Lipinski definition) is 5. The maximum absolute atomic E-state index is 11.8. The number of aliphatic imine (C=N–C) groups is 1. The molecule has 2 atom stereocenters. The molecular weight excluding hydrogens is 260 g/mol. The van der Waals surface area contributed by atoms with Crippen molar-refractivity contribution in [3.63, 3.8) is 0 Å². The zero-order valence-corrected chi connectivity index (χ0v) is 11.6. The number of nitrogens with two attached hydrogens (primary N) is 3. The Morgan fingerprint density at radius 1 is 1.35 bits per heavy atom. The van der Waals surface area contributed by atoms with Gasteiger partial charge in [-0.2, -0.15) is 0 Å². The highest BCUT2D eigenvalue weighted by atomic mass is 16.2. The number of hydrogen-bond acceptors (Lipinski definition) is 5. The Kier molecular flexibility index (Phi) is 6.96. The third kappa shape index (κ3) is 5.98. The molecule has 1 rings (SSSR count). The summed E-state index contributed by atoms with van der Waals surface area (Å²) in [7, 11) is 0. The van der Waals surface area contributed by atoms with Crippen LogP contribution in [0.5, 0.6) is 0 Å². The molecule has 0 radical (unpaired) electrons. The number of rotatable bonds is 6. The lowest BCUT2D eigenvalue weighted by atomic mass is 10.0. The Morgan fingerprint density at radius 2 is 2.10 bits per heavy atom. The molecule has 20 heavy (non-hydrogen) atoms. The molecule has 1 aliphatic rings. The minimum Gasteiger partial charge on any atom is -0.370 e. The molecule has 1 saturated heterocycles. The van der Waals surface area contributed by atoms with Crippen LogP contribution in [0.25, 0.3) is 0 Å². The smallest absolute Gasteiger partial charge is 0.243 e. The van der Waals surface area contributed by atoms with Gasteiger partial charge in [-0.05, 0) is 32.2 Å². The van der Waals surface area contributed by atoms with Gasteiger partial charge in [0.05, 0.1) is 12.1 Å². The number of carbonyl (C=O) groups excluding carboxylic acids is 2. The first-order valence-electron chi connectivity index (χ1n) is 6.89. The van der Waals surface area contributed by atoms with Crippen molar-refractivity contribution in [2.24, 2.45) is 22.2 Å². The van der Waals surface area contributed by atoms with Crippen LogP contribution in [0.3, 0.4) is 0 Å². The highest BCUT2D eigenvalue weighted by Crippen LogP contribution is 2.07. The van der Waals surface area contributed by atoms with Gasteiger partial charge >= 0.3 is 0 Å². The number of nitrogens with zero attached hydrogens (tertiary/aromatic N) is 1.